The summed E-state index contributed by atoms with van der Waals surface area (Å²) in [5.74, 6) is 2.02. The van der Waals surface area contributed by atoms with Gasteiger partial charge in [-0.1, -0.05) is 103 Å². The number of benzene rings is 8. The number of aryl methyl sites for hydroxylation is 4. The number of hydrogen-bond donors (Lipinski definition) is 0. The van der Waals surface area contributed by atoms with Crippen LogP contribution in [0.3, 0.4) is 0 Å². The van der Waals surface area contributed by atoms with E-state index in [4.69, 9.17) is 9.97 Å². The highest BCUT2D eigenvalue weighted by molar-refractivity contribution is 6.22. The van der Waals surface area contributed by atoms with Gasteiger partial charge in [0, 0.05) is 14.1 Å². The largest absolute Gasteiger partial charge is 0.331 e. The second-order valence-electron chi connectivity index (χ2n) is 14.0. The number of nitrogens with zero attached hydrogens (tertiary/aromatic N) is 4. The molecule has 0 amide bonds. The molecule has 10 rings (SSSR count). The molecule has 0 atom stereocenters. The molecular weight excluding hydrogens is 633 g/mol. The van der Waals surface area contributed by atoms with E-state index >= 15 is 0 Å². The number of imidazole rings is 2. The lowest BCUT2D eigenvalue weighted by Gasteiger charge is -2.19. The van der Waals surface area contributed by atoms with E-state index in [0.717, 1.165) is 33.7 Å². The molecule has 0 aliphatic carbocycles. The lowest BCUT2D eigenvalue weighted by atomic mass is 9.84. The lowest BCUT2D eigenvalue weighted by Crippen LogP contribution is -1.93. The van der Waals surface area contributed by atoms with Gasteiger partial charge in [-0.05, 0) is 133 Å². The van der Waals surface area contributed by atoms with Crippen LogP contribution in [0.1, 0.15) is 11.6 Å². The van der Waals surface area contributed by atoms with E-state index in [9.17, 15) is 0 Å². The van der Waals surface area contributed by atoms with Crippen molar-refractivity contribution in [3.8, 4) is 44.5 Å². The second-order valence-corrected chi connectivity index (χ2v) is 14.0. The molecule has 4 nitrogen and oxygen atoms in total. The number of fused-ring (bicyclic) bond motifs is 5. The third-order valence-corrected chi connectivity index (χ3v) is 11.1. The van der Waals surface area contributed by atoms with E-state index in [1.807, 2.05) is 0 Å². The molecule has 0 unspecified atom stereocenters. The Morgan fingerprint density at radius 2 is 0.923 bits per heavy atom. The van der Waals surface area contributed by atoms with Crippen LogP contribution in [0.4, 0.5) is 0 Å². The molecule has 248 valence electrons. The van der Waals surface area contributed by atoms with Crippen molar-refractivity contribution in [1.82, 2.24) is 19.1 Å². The molecule has 0 bridgehead atoms. The minimum Gasteiger partial charge on any atom is -0.331 e. The molecule has 0 fully saturated rings. The van der Waals surface area contributed by atoms with Crippen molar-refractivity contribution in [2.45, 2.75) is 13.8 Å². The van der Waals surface area contributed by atoms with Crippen LogP contribution in [0.15, 0.2) is 146 Å². The summed E-state index contributed by atoms with van der Waals surface area (Å²) in [4.78, 5) is 9.60. The minimum atomic E-state index is 1.01. The number of aromatic nitrogens is 4. The topological polar surface area (TPSA) is 35.6 Å². The van der Waals surface area contributed by atoms with Crippen LogP contribution in [-0.2, 0) is 14.1 Å². The van der Waals surface area contributed by atoms with Gasteiger partial charge in [-0.25, -0.2) is 9.97 Å². The van der Waals surface area contributed by atoms with Gasteiger partial charge < -0.3 is 9.13 Å². The van der Waals surface area contributed by atoms with Crippen molar-refractivity contribution in [3.63, 3.8) is 0 Å². The second kappa shape index (κ2) is 11.5. The zero-order valence-corrected chi connectivity index (χ0v) is 29.6. The maximum atomic E-state index is 4.80. The Kier molecular flexibility index (Phi) is 6.71. The van der Waals surface area contributed by atoms with Crippen LogP contribution in [-0.4, -0.2) is 19.1 Å². The van der Waals surface area contributed by atoms with Gasteiger partial charge in [0.15, 0.2) is 0 Å². The molecule has 0 N–H and O–H groups in total. The van der Waals surface area contributed by atoms with E-state index < -0.39 is 0 Å². The van der Waals surface area contributed by atoms with Crippen molar-refractivity contribution in [2.75, 3.05) is 0 Å². The predicted molar refractivity (Wildman–Crippen MR) is 219 cm³/mol. The first-order valence-electron chi connectivity index (χ1n) is 17.9. The predicted octanol–water partition coefficient (Wildman–Crippen LogP) is 12.2. The van der Waals surface area contributed by atoms with Gasteiger partial charge in [0.25, 0.3) is 0 Å². The smallest absolute Gasteiger partial charge is 0.106 e. The summed E-state index contributed by atoms with van der Waals surface area (Å²) in [5, 5.41) is 7.38. The number of rotatable bonds is 4. The van der Waals surface area contributed by atoms with Crippen LogP contribution >= 0.6 is 0 Å². The van der Waals surface area contributed by atoms with Gasteiger partial charge in [-0.15, -0.1) is 0 Å². The highest BCUT2D eigenvalue weighted by atomic mass is 15.1. The summed E-state index contributed by atoms with van der Waals surface area (Å²) in [6.45, 7) is 4.13. The fourth-order valence-corrected chi connectivity index (χ4v) is 8.23. The normalized spacial score (nSPS) is 11.8. The molecule has 2 aromatic heterocycles. The fraction of sp³-hybridized carbons (Fsp3) is 0.0833. The Bertz CT molecular complexity index is 2910. The SMILES string of the molecule is Cc1nc2ccc(-c3cccc4c(-c5cc(-c6ccccc6)cc6ccccc56)c5cccc(-c6ccc7nc(C)n(C)c7c6)c5cc34)cc2n1C. The maximum absolute atomic E-state index is 4.80. The zero-order valence-electron chi connectivity index (χ0n) is 29.6. The zero-order chi connectivity index (χ0) is 35.1. The van der Waals surface area contributed by atoms with Crippen molar-refractivity contribution < 1.29 is 0 Å². The van der Waals surface area contributed by atoms with E-state index in [1.54, 1.807) is 0 Å². The van der Waals surface area contributed by atoms with Gasteiger partial charge in [0.05, 0.1) is 22.1 Å². The van der Waals surface area contributed by atoms with Crippen LogP contribution < -0.4 is 0 Å². The monoisotopic (exact) mass is 668 g/mol. The van der Waals surface area contributed by atoms with E-state index in [1.165, 1.54) is 76.8 Å². The van der Waals surface area contributed by atoms with Crippen molar-refractivity contribution in [3.05, 3.63) is 157 Å². The minimum absolute atomic E-state index is 1.01. The van der Waals surface area contributed by atoms with Crippen LogP contribution in [0.2, 0.25) is 0 Å². The molecular formula is C48H36N4. The first-order valence-corrected chi connectivity index (χ1v) is 17.9. The highest BCUT2D eigenvalue weighted by Gasteiger charge is 2.19. The summed E-state index contributed by atoms with van der Waals surface area (Å²) in [7, 11) is 4.20. The Morgan fingerprint density at radius 1 is 0.385 bits per heavy atom. The van der Waals surface area contributed by atoms with Gasteiger partial charge in [-0.3, -0.25) is 0 Å². The van der Waals surface area contributed by atoms with Gasteiger partial charge in [0.1, 0.15) is 11.6 Å². The molecule has 0 saturated carbocycles. The van der Waals surface area contributed by atoms with Crippen molar-refractivity contribution in [2.24, 2.45) is 14.1 Å². The first kappa shape index (κ1) is 30.3. The first-order chi connectivity index (χ1) is 25.4. The summed E-state index contributed by atoms with van der Waals surface area (Å²) in [6.07, 6.45) is 0. The highest BCUT2D eigenvalue weighted by Crippen LogP contribution is 2.46. The standard InChI is InChI=1S/C48H36N4/c1-29-49-44-22-20-33(26-46(44)51(29)3)36-16-10-18-39-41(36)28-42-37(34-21-23-45-47(27-34)52(4)30(2)50-45)17-11-19-40(42)48(39)43-25-35(31-12-6-5-7-13-31)24-32-14-8-9-15-38(32)43/h5-28H,1-4H3. The molecule has 8 aromatic carbocycles. The molecule has 0 aliphatic heterocycles. The van der Waals surface area contributed by atoms with Gasteiger partial charge in [-0.2, -0.15) is 0 Å². The van der Waals surface area contributed by atoms with E-state index in [-0.39, 0.29) is 0 Å². The molecule has 0 spiro atoms. The summed E-state index contributed by atoms with van der Waals surface area (Å²) in [5.41, 5.74) is 14.0. The van der Waals surface area contributed by atoms with Crippen molar-refractivity contribution in [1.29, 1.82) is 0 Å². The van der Waals surface area contributed by atoms with E-state index in [2.05, 4.69) is 183 Å². The third kappa shape index (κ3) is 4.61. The Hall–Kier alpha value is -6.52. The molecule has 2 heterocycles. The maximum Gasteiger partial charge on any atom is 0.106 e. The van der Waals surface area contributed by atoms with Crippen molar-refractivity contribution >= 4 is 54.4 Å². The summed E-state index contributed by atoms with van der Waals surface area (Å²) < 4.78 is 4.36. The van der Waals surface area contributed by atoms with Crippen LogP contribution in [0.5, 0.6) is 0 Å². The lowest BCUT2D eigenvalue weighted by molar-refractivity contribution is 0.886. The van der Waals surface area contributed by atoms with Gasteiger partial charge >= 0.3 is 0 Å². The van der Waals surface area contributed by atoms with E-state index in [0.29, 0.717) is 0 Å². The molecule has 4 heteroatoms. The van der Waals surface area contributed by atoms with Crippen LogP contribution in [0.25, 0.3) is 98.9 Å². The Balaban J connectivity index is 1.34. The van der Waals surface area contributed by atoms with Crippen LogP contribution in [0, 0.1) is 13.8 Å². The molecule has 10 aromatic rings. The fourth-order valence-electron chi connectivity index (χ4n) is 8.23. The molecule has 0 saturated heterocycles. The third-order valence-electron chi connectivity index (χ3n) is 11.1. The average molecular weight is 669 g/mol. The van der Waals surface area contributed by atoms with Gasteiger partial charge in [0.2, 0.25) is 0 Å². The average Bonchev–Trinajstić information content (AvgIpc) is 3.64. The quantitative estimate of drug-likeness (QED) is 0.175. The summed E-state index contributed by atoms with van der Waals surface area (Å²) >= 11 is 0. The molecule has 52 heavy (non-hydrogen) atoms. The molecule has 0 aliphatic rings. The Morgan fingerprint density at radius 3 is 1.52 bits per heavy atom. The number of hydrogen-bond acceptors (Lipinski definition) is 2. The summed E-state index contributed by atoms with van der Waals surface area (Å²) in [6, 6.07) is 53.7. The Labute approximate surface area is 302 Å². The molecule has 0 radical (unpaired) electrons.